The topological polar surface area (TPSA) is 26.0 Å². The second kappa shape index (κ2) is 3.02. The second-order valence-electron chi connectivity index (χ2n) is 2.93. The zero-order chi connectivity index (χ0) is 7.56. The first kappa shape index (κ1) is 7.55. The molecule has 0 aromatic carbocycles. The maximum absolute atomic E-state index is 5.59. The van der Waals surface area contributed by atoms with Crippen molar-refractivity contribution < 1.29 is 0 Å². The second-order valence-corrected chi connectivity index (χ2v) is 2.93. The molecule has 1 nitrogen and oxygen atoms in total. The van der Waals surface area contributed by atoms with Crippen LogP contribution < -0.4 is 5.73 Å². The van der Waals surface area contributed by atoms with E-state index in [0.29, 0.717) is 6.04 Å². The van der Waals surface area contributed by atoms with Gasteiger partial charge in [-0.2, -0.15) is 0 Å². The van der Waals surface area contributed by atoms with Crippen molar-refractivity contribution in [2.24, 2.45) is 5.73 Å². The molecule has 1 aliphatic rings. The fourth-order valence-electron chi connectivity index (χ4n) is 0.980. The molecular weight excluding hydrogens is 122 g/mol. The van der Waals surface area contributed by atoms with Crippen LogP contribution in [0.2, 0.25) is 0 Å². The zero-order valence-corrected chi connectivity index (χ0v) is 6.72. The van der Waals surface area contributed by atoms with E-state index in [4.69, 9.17) is 5.73 Å². The fourth-order valence-corrected chi connectivity index (χ4v) is 0.980. The molecule has 0 aromatic rings. The Bertz CT molecular complexity index is 175. The molecule has 10 heavy (non-hydrogen) atoms. The first-order valence-electron chi connectivity index (χ1n) is 3.84. The Balaban J connectivity index is 2.32. The SMILES string of the molecule is C/C=C1/C/C1=C/CC(C)N. The minimum absolute atomic E-state index is 0.311. The van der Waals surface area contributed by atoms with E-state index in [2.05, 4.69) is 19.1 Å². The van der Waals surface area contributed by atoms with Crippen LogP contribution in [-0.2, 0) is 0 Å². The lowest BCUT2D eigenvalue weighted by Crippen LogP contribution is -2.12. The quantitative estimate of drug-likeness (QED) is 0.619. The highest BCUT2D eigenvalue weighted by molar-refractivity contribution is 5.49. The summed E-state index contributed by atoms with van der Waals surface area (Å²) in [5.41, 5.74) is 8.59. The van der Waals surface area contributed by atoms with Crippen molar-refractivity contribution in [2.45, 2.75) is 32.7 Å². The van der Waals surface area contributed by atoms with Crippen LogP contribution in [0, 0.1) is 0 Å². The van der Waals surface area contributed by atoms with Crippen LogP contribution in [0.15, 0.2) is 23.3 Å². The molecule has 0 aliphatic heterocycles. The van der Waals surface area contributed by atoms with Crippen molar-refractivity contribution in [2.75, 3.05) is 0 Å². The van der Waals surface area contributed by atoms with Crippen LogP contribution in [0.4, 0.5) is 0 Å². The number of hydrogen-bond donors (Lipinski definition) is 1. The Kier molecular flexibility index (Phi) is 2.28. The first-order valence-corrected chi connectivity index (χ1v) is 3.84. The Morgan fingerprint density at radius 3 is 2.70 bits per heavy atom. The van der Waals surface area contributed by atoms with E-state index in [-0.39, 0.29) is 0 Å². The zero-order valence-electron chi connectivity index (χ0n) is 6.72. The van der Waals surface area contributed by atoms with Gasteiger partial charge in [0.2, 0.25) is 0 Å². The van der Waals surface area contributed by atoms with Crippen molar-refractivity contribution in [1.82, 2.24) is 0 Å². The molecule has 1 rings (SSSR count). The molecule has 0 radical (unpaired) electrons. The minimum atomic E-state index is 0.311. The molecule has 0 aromatic heterocycles. The van der Waals surface area contributed by atoms with Crippen LogP contribution in [0.1, 0.15) is 26.7 Å². The molecule has 56 valence electrons. The lowest BCUT2D eigenvalue weighted by atomic mass is 10.2. The number of rotatable bonds is 2. The Labute approximate surface area is 62.6 Å². The Hall–Kier alpha value is -0.560. The van der Waals surface area contributed by atoms with Crippen molar-refractivity contribution in [3.63, 3.8) is 0 Å². The maximum Gasteiger partial charge on any atom is 0.00452 e. The van der Waals surface area contributed by atoms with Crippen LogP contribution in [-0.4, -0.2) is 6.04 Å². The highest BCUT2D eigenvalue weighted by atomic mass is 14.6. The van der Waals surface area contributed by atoms with Crippen LogP contribution in [0.25, 0.3) is 0 Å². The molecule has 0 bridgehead atoms. The third-order valence-corrected chi connectivity index (χ3v) is 1.75. The highest BCUT2D eigenvalue weighted by Gasteiger charge is 2.18. The average molecular weight is 137 g/mol. The van der Waals surface area contributed by atoms with Gasteiger partial charge in [-0.15, -0.1) is 0 Å². The van der Waals surface area contributed by atoms with Gasteiger partial charge in [-0.1, -0.05) is 12.2 Å². The molecule has 2 N–H and O–H groups in total. The molecule has 1 saturated carbocycles. The van der Waals surface area contributed by atoms with Crippen molar-refractivity contribution in [1.29, 1.82) is 0 Å². The first-order chi connectivity index (χ1) is 4.74. The van der Waals surface area contributed by atoms with Crippen molar-refractivity contribution in [3.8, 4) is 0 Å². The summed E-state index contributed by atoms with van der Waals surface area (Å²) in [6.45, 7) is 4.12. The van der Waals surface area contributed by atoms with E-state index in [1.807, 2.05) is 6.92 Å². The molecule has 1 heteroatoms. The largest absolute Gasteiger partial charge is 0.328 e. The summed E-state index contributed by atoms with van der Waals surface area (Å²) in [4.78, 5) is 0. The van der Waals surface area contributed by atoms with E-state index >= 15 is 0 Å². The maximum atomic E-state index is 5.59. The molecule has 1 unspecified atom stereocenters. The van der Waals surface area contributed by atoms with E-state index in [1.54, 1.807) is 0 Å². The third-order valence-electron chi connectivity index (χ3n) is 1.75. The Morgan fingerprint density at radius 1 is 1.60 bits per heavy atom. The number of allylic oxidation sites excluding steroid dienone is 3. The summed E-state index contributed by atoms with van der Waals surface area (Å²) < 4.78 is 0. The molecule has 1 aliphatic carbocycles. The standard InChI is InChI=1S/C9H15N/c1-3-8-6-9(8)5-4-7(2)10/h3,5,7H,4,6,10H2,1-2H3/b8-3-,9-5-. The third kappa shape index (κ3) is 1.99. The molecule has 0 saturated heterocycles. The predicted molar refractivity (Wildman–Crippen MR) is 44.7 cm³/mol. The summed E-state index contributed by atoms with van der Waals surface area (Å²) in [5.74, 6) is 0. The van der Waals surface area contributed by atoms with Gasteiger partial charge in [0.05, 0.1) is 0 Å². The van der Waals surface area contributed by atoms with Gasteiger partial charge < -0.3 is 5.73 Å². The van der Waals surface area contributed by atoms with Gasteiger partial charge in [-0.25, -0.2) is 0 Å². The van der Waals surface area contributed by atoms with Gasteiger partial charge >= 0.3 is 0 Å². The van der Waals surface area contributed by atoms with E-state index < -0.39 is 0 Å². The monoisotopic (exact) mass is 137 g/mol. The van der Waals surface area contributed by atoms with Crippen LogP contribution in [0.3, 0.4) is 0 Å². The lowest BCUT2D eigenvalue weighted by Gasteiger charge is -1.95. The Morgan fingerprint density at radius 2 is 2.30 bits per heavy atom. The summed E-state index contributed by atoms with van der Waals surface area (Å²) in [7, 11) is 0. The normalized spacial score (nSPS) is 27.5. The summed E-state index contributed by atoms with van der Waals surface area (Å²) in [6.07, 6.45) is 6.64. The van der Waals surface area contributed by atoms with Gasteiger partial charge in [0.1, 0.15) is 0 Å². The molecule has 0 heterocycles. The van der Waals surface area contributed by atoms with Gasteiger partial charge in [0, 0.05) is 6.04 Å². The van der Waals surface area contributed by atoms with Gasteiger partial charge in [-0.3, -0.25) is 0 Å². The summed E-state index contributed by atoms with van der Waals surface area (Å²) in [5, 5.41) is 0. The van der Waals surface area contributed by atoms with Crippen molar-refractivity contribution >= 4 is 0 Å². The molecule has 0 spiro atoms. The fraction of sp³-hybridized carbons (Fsp3) is 0.556. The molecule has 1 atom stereocenters. The minimum Gasteiger partial charge on any atom is -0.328 e. The van der Waals surface area contributed by atoms with Gasteiger partial charge in [0.25, 0.3) is 0 Å². The molecular formula is C9H15N. The highest BCUT2D eigenvalue weighted by Crippen LogP contribution is 2.36. The number of nitrogens with two attached hydrogens (primary N) is 1. The summed E-state index contributed by atoms with van der Waals surface area (Å²) in [6, 6.07) is 0.311. The predicted octanol–water partition coefficient (Wildman–Crippen LogP) is 2.00. The lowest BCUT2D eigenvalue weighted by molar-refractivity contribution is 0.756. The van der Waals surface area contributed by atoms with Crippen molar-refractivity contribution in [3.05, 3.63) is 23.3 Å². The van der Waals surface area contributed by atoms with Crippen LogP contribution in [0.5, 0.6) is 0 Å². The number of hydrogen-bond acceptors (Lipinski definition) is 1. The van der Waals surface area contributed by atoms with Crippen LogP contribution >= 0.6 is 0 Å². The van der Waals surface area contributed by atoms with Gasteiger partial charge in [-0.05, 0) is 37.8 Å². The average Bonchev–Trinajstić information content (AvgIpc) is 2.61. The molecule has 1 fully saturated rings. The van der Waals surface area contributed by atoms with Gasteiger partial charge in [0.15, 0.2) is 0 Å². The smallest absolute Gasteiger partial charge is 0.00452 e. The summed E-state index contributed by atoms with van der Waals surface area (Å²) >= 11 is 0. The van der Waals surface area contributed by atoms with E-state index in [9.17, 15) is 0 Å². The molecule has 0 amide bonds. The van der Waals surface area contributed by atoms with E-state index in [0.717, 1.165) is 6.42 Å². The van der Waals surface area contributed by atoms with E-state index in [1.165, 1.54) is 17.6 Å².